The minimum absolute atomic E-state index is 0.140. The van der Waals surface area contributed by atoms with Crippen LogP contribution in [0.3, 0.4) is 0 Å². The van der Waals surface area contributed by atoms with Crippen LogP contribution in [0.2, 0.25) is 0 Å². The number of pyridine rings is 1. The van der Waals surface area contributed by atoms with Crippen LogP contribution in [-0.2, 0) is 11.3 Å². The lowest BCUT2D eigenvalue weighted by molar-refractivity contribution is -0.117. The molecule has 1 heterocycles. The van der Waals surface area contributed by atoms with Crippen LogP contribution in [0.25, 0.3) is 0 Å². The summed E-state index contributed by atoms with van der Waals surface area (Å²) in [6, 6.07) is 5.58. The summed E-state index contributed by atoms with van der Waals surface area (Å²) in [5, 5.41) is 15.8. The standard InChI is InChI=1S/C18H22N3O2/c1-18(2,3)21(23)13-14-7-6-8-15(11-14)17(22)20-12-16-9-4-5-10-19-16/h4-10,13H,11-12H2,1-3H3,(H,20,22)/q-1/b14-13+. The number of nitrogens with zero attached hydrogens (tertiary/aromatic N) is 2. The monoisotopic (exact) mass is 312 g/mol. The quantitative estimate of drug-likeness (QED) is 0.868. The molecule has 5 heteroatoms. The van der Waals surface area contributed by atoms with Gasteiger partial charge in [0.15, 0.2) is 0 Å². The number of aromatic nitrogens is 1. The lowest BCUT2D eigenvalue weighted by atomic mass is 9.99. The first-order valence-corrected chi connectivity index (χ1v) is 7.59. The predicted molar refractivity (Wildman–Crippen MR) is 91.0 cm³/mol. The molecule has 0 spiro atoms. The van der Waals surface area contributed by atoms with Gasteiger partial charge in [0.05, 0.1) is 12.2 Å². The van der Waals surface area contributed by atoms with E-state index in [4.69, 9.17) is 0 Å². The van der Waals surface area contributed by atoms with Crippen molar-refractivity contribution >= 4 is 5.91 Å². The number of carbonyl (C=O) groups is 1. The maximum atomic E-state index is 12.2. The van der Waals surface area contributed by atoms with Crippen molar-refractivity contribution in [2.45, 2.75) is 39.3 Å². The molecular weight excluding hydrogens is 290 g/mol. The van der Waals surface area contributed by atoms with Crippen molar-refractivity contribution in [3.05, 3.63) is 70.9 Å². The fraction of sp³-hybridized carbons (Fsp3) is 0.333. The number of rotatable bonds is 4. The zero-order chi connectivity index (χ0) is 16.9. The van der Waals surface area contributed by atoms with E-state index in [1.807, 2.05) is 45.0 Å². The zero-order valence-electron chi connectivity index (χ0n) is 13.7. The largest absolute Gasteiger partial charge is 0.758 e. The van der Waals surface area contributed by atoms with Crippen molar-refractivity contribution in [2.75, 3.05) is 0 Å². The number of allylic oxidation sites excluding steroid dienone is 4. The normalized spacial score (nSPS) is 16.2. The number of hydrogen-bond acceptors (Lipinski definition) is 4. The Balaban J connectivity index is 1.96. The first-order valence-electron chi connectivity index (χ1n) is 7.59. The fourth-order valence-corrected chi connectivity index (χ4v) is 2.00. The van der Waals surface area contributed by atoms with Crippen LogP contribution in [0.4, 0.5) is 0 Å². The topological polar surface area (TPSA) is 68.3 Å². The highest BCUT2D eigenvalue weighted by Gasteiger charge is 2.15. The van der Waals surface area contributed by atoms with Crippen molar-refractivity contribution in [1.29, 1.82) is 0 Å². The Hall–Kier alpha value is -2.40. The van der Waals surface area contributed by atoms with Crippen molar-refractivity contribution in [1.82, 2.24) is 15.4 Å². The van der Waals surface area contributed by atoms with Crippen LogP contribution in [0, 0.1) is 5.21 Å². The Kier molecular flexibility index (Phi) is 5.34. The van der Waals surface area contributed by atoms with Crippen LogP contribution in [0.15, 0.2) is 60.0 Å². The van der Waals surface area contributed by atoms with Crippen molar-refractivity contribution in [2.24, 2.45) is 0 Å². The van der Waals surface area contributed by atoms with Gasteiger partial charge in [0.1, 0.15) is 0 Å². The molecule has 0 saturated heterocycles. The van der Waals surface area contributed by atoms with E-state index in [0.29, 0.717) is 18.5 Å². The minimum atomic E-state index is -0.497. The fourth-order valence-electron chi connectivity index (χ4n) is 2.00. The first kappa shape index (κ1) is 17.0. The van der Waals surface area contributed by atoms with Crippen LogP contribution >= 0.6 is 0 Å². The Morgan fingerprint density at radius 2 is 2.22 bits per heavy atom. The van der Waals surface area contributed by atoms with Crippen LogP contribution in [0.1, 0.15) is 32.9 Å². The molecule has 2 rings (SSSR count). The summed E-state index contributed by atoms with van der Waals surface area (Å²) in [5.74, 6) is -0.140. The van der Waals surface area contributed by atoms with E-state index in [9.17, 15) is 10.0 Å². The van der Waals surface area contributed by atoms with Gasteiger partial charge in [-0.1, -0.05) is 24.3 Å². The summed E-state index contributed by atoms with van der Waals surface area (Å²) >= 11 is 0. The van der Waals surface area contributed by atoms with E-state index in [1.165, 1.54) is 0 Å². The highest BCUT2D eigenvalue weighted by Crippen LogP contribution is 2.21. The third-order valence-electron chi connectivity index (χ3n) is 3.39. The molecule has 0 fully saturated rings. The van der Waals surface area contributed by atoms with E-state index in [-0.39, 0.29) is 5.91 Å². The predicted octanol–water partition coefficient (Wildman–Crippen LogP) is 3.07. The van der Waals surface area contributed by atoms with Crippen LogP contribution < -0.4 is 5.32 Å². The Bertz CT molecular complexity index is 640. The summed E-state index contributed by atoms with van der Waals surface area (Å²) in [4.78, 5) is 16.4. The molecule has 0 saturated carbocycles. The van der Waals surface area contributed by atoms with Gasteiger partial charge in [0, 0.05) is 23.7 Å². The molecule has 122 valence electrons. The second kappa shape index (κ2) is 7.24. The lowest BCUT2D eigenvalue weighted by Gasteiger charge is -2.41. The smallest absolute Gasteiger partial charge is 0.247 e. The third-order valence-corrected chi connectivity index (χ3v) is 3.39. The van der Waals surface area contributed by atoms with Gasteiger partial charge in [-0.25, -0.2) is 0 Å². The number of amides is 1. The van der Waals surface area contributed by atoms with E-state index < -0.39 is 5.54 Å². The maximum absolute atomic E-state index is 12.2. The van der Waals surface area contributed by atoms with Gasteiger partial charge < -0.3 is 15.6 Å². The van der Waals surface area contributed by atoms with Crippen molar-refractivity contribution in [3.8, 4) is 0 Å². The average Bonchev–Trinajstić information content (AvgIpc) is 2.53. The molecule has 1 aromatic heterocycles. The molecular formula is C18H22N3O2-. The van der Waals surface area contributed by atoms with Crippen LogP contribution in [0.5, 0.6) is 0 Å². The molecule has 1 aliphatic carbocycles. The van der Waals surface area contributed by atoms with Gasteiger partial charge in [-0.05, 0) is 44.7 Å². The first-order chi connectivity index (χ1) is 10.9. The van der Waals surface area contributed by atoms with Gasteiger partial charge >= 0.3 is 0 Å². The van der Waals surface area contributed by atoms with E-state index in [0.717, 1.165) is 16.3 Å². The van der Waals surface area contributed by atoms with Gasteiger partial charge in [0.25, 0.3) is 0 Å². The van der Waals surface area contributed by atoms with E-state index in [2.05, 4.69) is 10.3 Å². The molecule has 0 bridgehead atoms. The molecule has 0 aliphatic heterocycles. The second-order valence-electron chi connectivity index (χ2n) is 6.43. The molecule has 1 aromatic rings. The van der Waals surface area contributed by atoms with Gasteiger partial charge in [0.2, 0.25) is 5.91 Å². The zero-order valence-corrected chi connectivity index (χ0v) is 13.7. The highest BCUT2D eigenvalue weighted by molar-refractivity contribution is 5.94. The average molecular weight is 312 g/mol. The molecule has 0 aromatic carbocycles. The van der Waals surface area contributed by atoms with Gasteiger partial charge in [-0.2, -0.15) is 0 Å². The number of hydroxylamine groups is 2. The van der Waals surface area contributed by atoms with E-state index in [1.54, 1.807) is 24.5 Å². The SMILES string of the molecule is CC(C)(C)N([O-])/C=C1\C=CC=C(C(=O)NCc2ccccn2)C1. The van der Waals surface area contributed by atoms with E-state index >= 15 is 0 Å². The van der Waals surface area contributed by atoms with Gasteiger partial charge in [-0.3, -0.25) is 9.78 Å². The summed E-state index contributed by atoms with van der Waals surface area (Å²) in [7, 11) is 0. The number of carbonyl (C=O) groups excluding carboxylic acids is 1. The lowest BCUT2D eigenvalue weighted by Crippen LogP contribution is -2.32. The molecule has 0 unspecified atom stereocenters. The number of nitrogens with one attached hydrogen (secondary N) is 1. The van der Waals surface area contributed by atoms with Crippen LogP contribution in [-0.4, -0.2) is 21.5 Å². The van der Waals surface area contributed by atoms with Crippen molar-refractivity contribution < 1.29 is 4.79 Å². The third kappa shape index (κ3) is 5.07. The Labute approximate surface area is 137 Å². The molecule has 1 amide bonds. The minimum Gasteiger partial charge on any atom is -0.758 e. The molecule has 23 heavy (non-hydrogen) atoms. The summed E-state index contributed by atoms with van der Waals surface area (Å²) in [6.07, 6.45) is 9.11. The van der Waals surface area contributed by atoms with Crippen molar-refractivity contribution in [3.63, 3.8) is 0 Å². The second-order valence-corrected chi connectivity index (χ2v) is 6.43. The summed E-state index contributed by atoms with van der Waals surface area (Å²) in [5.41, 5.74) is 1.77. The maximum Gasteiger partial charge on any atom is 0.247 e. The highest BCUT2D eigenvalue weighted by atomic mass is 16.5. The molecule has 5 nitrogen and oxygen atoms in total. The summed E-state index contributed by atoms with van der Waals surface area (Å²) < 4.78 is 0. The Morgan fingerprint density at radius 1 is 1.43 bits per heavy atom. The molecule has 1 aliphatic rings. The molecule has 0 radical (unpaired) electrons. The Morgan fingerprint density at radius 3 is 2.87 bits per heavy atom. The summed E-state index contributed by atoms with van der Waals surface area (Å²) in [6.45, 7) is 5.93. The number of hydrogen-bond donors (Lipinski definition) is 1. The molecule has 1 N–H and O–H groups in total. The molecule has 0 atom stereocenters. The van der Waals surface area contributed by atoms with Gasteiger partial charge in [-0.15, -0.1) is 0 Å².